The standard InChI is InChI=1S/C39H58NO5P/c1-32(33-21-16-13-17-22-33)39-27-26-37(41)36(39)31-35(38(39)34-23-18-14-19-24-34)25-15-11-9-7-5-6-8-10-12-20-29-44-46(42,43)45-30-28-40(2,3)4/h13-14,16-19,21-24,36-37,41H,1,5-12,15,20,25-31H2,2-4H3/t36-,37+,39-/m0/s1. The zero-order chi connectivity index (χ0) is 33.0. The number of nitrogens with zero attached hydrogens (tertiary/aromatic N) is 1. The van der Waals surface area contributed by atoms with Crippen molar-refractivity contribution in [3.63, 3.8) is 0 Å². The van der Waals surface area contributed by atoms with Crippen LogP contribution in [0.5, 0.6) is 0 Å². The van der Waals surface area contributed by atoms with Crippen LogP contribution in [0.1, 0.15) is 101 Å². The molecular formula is C39H58NO5P. The van der Waals surface area contributed by atoms with Gasteiger partial charge in [0.25, 0.3) is 7.82 Å². The highest BCUT2D eigenvalue weighted by molar-refractivity contribution is 7.45. The number of fused-ring (bicyclic) bond motifs is 1. The summed E-state index contributed by atoms with van der Waals surface area (Å²) >= 11 is 0. The van der Waals surface area contributed by atoms with Crippen molar-refractivity contribution in [1.29, 1.82) is 0 Å². The number of likely N-dealkylation sites (N-methyl/N-ethyl adjacent to an activating group) is 1. The number of benzene rings is 2. The van der Waals surface area contributed by atoms with E-state index < -0.39 is 7.82 Å². The largest absolute Gasteiger partial charge is 0.756 e. The molecule has 2 aliphatic rings. The Morgan fingerprint density at radius 1 is 0.870 bits per heavy atom. The maximum Gasteiger partial charge on any atom is 0.268 e. The Morgan fingerprint density at radius 3 is 2.02 bits per heavy atom. The van der Waals surface area contributed by atoms with Crippen molar-refractivity contribution < 1.29 is 28.1 Å². The fourth-order valence-electron chi connectivity index (χ4n) is 7.61. The highest BCUT2D eigenvalue weighted by Crippen LogP contribution is 2.66. The molecule has 1 saturated carbocycles. The quantitative estimate of drug-likeness (QED) is 0.0829. The molecule has 4 rings (SSSR count). The Hall–Kier alpha value is -2.05. The average molecular weight is 652 g/mol. The molecule has 0 aliphatic heterocycles. The average Bonchev–Trinajstić information content (AvgIpc) is 3.53. The van der Waals surface area contributed by atoms with Gasteiger partial charge in [-0.05, 0) is 60.8 Å². The fraction of sp³-hybridized carbons (Fsp3) is 0.590. The molecule has 4 atom stereocenters. The molecule has 0 saturated heterocycles. The molecule has 0 aromatic heterocycles. The molecular weight excluding hydrogens is 593 g/mol. The van der Waals surface area contributed by atoms with Gasteiger partial charge in [-0.2, -0.15) is 0 Å². The van der Waals surface area contributed by atoms with Crippen molar-refractivity contribution in [2.45, 2.75) is 96.0 Å². The number of aliphatic hydroxyl groups excluding tert-OH is 1. The van der Waals surface area contributed by atoms with Crippen LogP contribution >= 0.6 is 7.82 Å². The van der Waals surface area contributed by atoms with E-state index >= 15 is 0 Å². The monoisotopic (exact) mass is 651 g/mol. The molecule has 0 bridgehead atoms. The molecule has 7 heteroatoms. The van der Waals surface area contributed by atoms with E-state index in [-0.39, 0.29) is 30.7 Å². The zero-order valence-electron chi connectivity index (χ0n) is 28.6. The van der Waals surface area contributed by atoms with E-state index in [4.69, 9.17) is 15.6 Å². The number of quaternary nitrogens is 1. The summed E-state index contributed by atoms with van der Waals surface area (Å²) in [6.07, 6.45) is 15.0. The van der Waals surface area contributed by atoms with Crippen molar-refractivity contribution in [2.24, 2.45) is 11.3 Å². The summed E-state index contributed by atoms with van der Waals surface area (Å²) in [7, 11) is 1.79. The van der Waals surface area contributed by atoms with Crippen molar-refractivity contribution >= 4 is 19.0 Å². The molecule has 1 unspecified atom stereocenters. The molecule has 0 amide bonds. The maximum absolute atomic E-state index is 11.9. The van der Waals surface area contributed by atoms with Gasteiger partial charge in [0.15, 0.2) is 0 Å². The van der Waals surface area contributed by atoms with Crippen LogP contribution in [0.3, 0.4) is 0 Å². The summed E-state index contributed by atoms with van der Waals surface area (Å²) in [4.78, 5) is 11.9. The van der Waals surface area contributed by atoms with E-state index in [2.05, 4.69) is 60.7 Å². The first-order chi connectivity index (χ1) is 22.0. The Morgan fingerprint density at radius 2 is 1.41 bits per heavy atom. The Bertz CT molecular complexity index is 1300. The van der Waals surface area contributed by atoms with Crippen molar-refractivity contribution in [1.82, 2.24) is 0 Å². The zero-order valence-corrected chi connectivity index (χ0v) is 29.5. The van der Waals surface area contributed by atoms with Gasteiger partial charge in [-0.3, -0.25) is 4.57 Å². The van der Waals surface area contributed by atoms with Gasteiger partial charge in [-0.1, -0.05) is 124 Å². The van der Waals surface area contributed by atoms with E-state index in [0.29, 0.717) is 11.0 Å². The summed E-state index contributed by atoms with van der Waals surface area (Å²) in [6.45, 7) is 5.66. The van der Waals surface area contributed by atoms with E-state index in [1.54, 1.807) is 0 Å². The minimum absolute atomic E-state index is 0.146. The maximum atomic E-state index is 11.9. The predicted octanol–water partition coefficient (Wildman–Crippen LogP) is 8.81. The van der Waals surface area contributed by atoms with Crippen molar-refractivity contribution in [3.05, 3.63) is 83.9 Å². The minimum Gasteiger partial charge on any atom is -0.756 e. The van der Waals surface area contributed by atoms with E-state index in [1.165, 1.54) is 72.8 Å². The molecule has 1 N–H and O–H groups in total. The molecule has 0 heterocycles. The van der Waals surface area contributed by atoms with Gasteiger partial charge >= 0.3 is 0 Å². The lowest BCUT2D eigenvalue weighted by Gasteiger charge is -2.37. The molecule has 254 valence electrons. The van der Waals surface area contributed by atoms with Crippen LogP contribution in [-0.4, -0.2) is 56.6 Å². The normalized spacial score (nSPS) is 22.6. The predicted molar refractivity (Wildman–Crippen MR) is 188 cm³/mol. The minimum atomic E-state index is -4.19. The van der Waals surface area contributed by atoms with Gasteiger partial charge in [0, 0.05) is 11.3 Å². The Labute approximate surface area is 278 Å². The second-order valence-electron chi connectivity index (χ2n) is 14.5. The third-order valence-corrected chi connectivity index (χ3v) is 11.1. The lowest BCUT2D eigenvalue weighted by molar-refractivity contribution is -0.870. The molecule has 2 aliphatic carbocycles. The first kappa shape index (κ1) is 36.8. The van der Waals surface area contributed by atoms with Gasteiger partial charge in [0.2, 0.25) is 0 Å². The summed E-state index contributed by atoms with van der Waals surface area (Å²) in [5.74, 6) is 0.202. The molecule has 0 radical (unpaired) electrons. The third kappa shape index (κ3) is 10.2. The van der Waals surface area contributed by atoms with Crippen LogP contribution < -0.4 is 4.89 Å². The third-order valence-electron chi connectivity index (χ3n) is 10.1. The number of hydrogen-bond acceptors (Lipinski definition) is 5. The lowest BCUT2D eigenvalue weighted by Crippen LogP contribution is -2.37. The molecule has 2 aromatic carbocycles. The highest BCUT2D eigenvalue weighted by atomic mass is 31.2. The lowest BCUT2D eigenvalue weighted by atomic mass is 9.66. The number of unbranched alkanes of at least 4 members (excludes halogenated alkanes) is 9. The smallest absolute Gasteiger partial charge is 0.268 e. The van der Waals surface area contributed by atoms with Crippen LogP contribution in [0.2, 0.25) is 0 Å². The molecule has 6 nitrogen and oxygen atoms in total. The van der Waals surface area contributed by atoms with Gasteiger partial charge in [0.05, 0.1) is 33.9 Å². The van der Waals surface area contributed by atoms with Gasteiger partial charge in [-0.15, -0.1) is 0 Å². The highest BCUT2D eigenvalue weighted by Gasteiger charge is 2.56. The number of rotatable bonds is 21. The molecule has 46 heavy (non-hydrogen) atoms. The number of phosphoric acid groups is 1. The summed E-state index contributed by atoms with van der Waals surface area (Å²) < 4.78 is 22.5. The number of hydrogen-bond donors (Lipinski definition) is 1. The number of phosphoric ester groups is 1. The number of aliphatic hydroxyl groups is 1. The van der Waals surface area contributed by atoms with Crippen LogP contribution in [0, 0.1) is 11.3 Å². The van der Waals surface area contributed by atoms with Crippen LogP contribution in [-0.2, 0) is 13.6 Å². The van der Waals surface area contributed by atoms with Crippen molar-refractivity contribution in [2.75, 3.05) is 40.9 Å². The van der Waals surface area contributed by atoms with Crippen LogP contribution in [0.4, 0.5) is 0 Å². The summed E-state index contributed by atoms with van der Waals surface area (Å²) in [5.41, 5.74) is 6.43. The fourth-order valence-corrected chi connectivity index (χ4v) is 8.34. The first-order valence-electron chi connectivity index (χ1n) is 17.6. The molecule has 0 spiro atoms. The van der Waals surface area contributed by atoms with Gasteiger partial charge in [0.1, 0.15) is 13.2 Å². The van der Waals surface area contributed by atoms with Gasteiger partial charge in [-0.25, -0.2) is 0 Å². The van der Waals surface area contributed by atoms with Crippen LogP contribution in [0.15, 0.2) is 72.8 Å². The second-order valence-corrected chi connectivity index (χ2v) is 15.9. The number of allylic oxidation sites excluding steroid dienone is 3. The molecule has 2 aromatic rings. The van der Waals surface area contributed by atoms with E-state index in [1.807, 2.05) is 21.1 Å². The van der Waals surface area contributed by atoms with E-state index in [9.17, 15) is 14.6 Å². The van der Waals surface area contributed by atoms with Gasteiger partial charge < -0.3 is 23.5 Å². The SMILES string of the molecule is C=C(c1ccccc1)[C@@]12CC[C@@H](O)[C@@H]1CC(CCCCCCCCCCCCOP(=O)([O-])OCC[N+](C)(C)C)=C2c1ccccc1. The second kappa shape index (κ2) is 17.4. The van der Waals surface area contributed by atoms with Crippen LogP contribution in [0.25, 0.3) is 11.1 Å². The van der Waals surface area contributed by atoms with E-state index in [0.717, 1.165) is 44.9 Å². The Kier molecular flexibility index (Phi) is 13.9. The topological polar surface area (TPSA) is 78.8 Å². The molecule has 1 fully saturated rings. The summed E-state index contributed by atoms with van der Waals surface area (Å²) in [6, 6.07) is 21.5. The van der Waals surface area contributed by atoms with Crippen molar-refractivity contribution in [3.8, 4) is 0 Å². The first-order valence-corrected chi connectivity index (χ1v) is 19.1. The summed E-state index contributed by atoms with van der Waals surface area (Å²) in [5, 5.41) is 11.2. The Balaban J connectivity index is 1.17.